The van der Waals surface area contributed by atoms with Crippen LogP contribution in [0.4, 0.5) is 0 Å². The average Bonchev–Trinajstić information content (AvgIpc) is 2.46. The zero-order chi connectivity index (χ0) is 12.8. The third-order valence-electron chi connectivity index (χ3n) is 3.04. The van der Waals surface area contributed by atoms with Gasteiger partial charge in [0.05, 0.1) is 7.11 Å². The molecule has 0 spiro atoms. The van der Waals surface area contributed by atoms with E-state index in [1.807, 2.05) is 24.3 Å². The summed E-state index contributed by atoms with van der Waals surface area (Å²) in [4.78, 5) is 4.00. The van der Waals surface area contributed by atoms with E-state index in [4.69, 9.17) is 10.5 Å². The maximum atomic E-state index is 6.15. The number of ether oxygens (including phenoxy) is 1. The number of nitrogens with zero attached hydrogens (tertiary/aromatic N) is 1. The summed E-state index contributed by atoms with van der Waals surface area (Å²) in [5.74, 6) is 0.886. The SMILES string of the molecule is COc1ccc(CCC(N)c2ccncc2)cc1. The van der Waals surface area contributed by atoms with E-state index in [0.717, 1.165) is 24.2 Å². The maximum absolute atomic E-state index is 6.15. The van der Waals surface area contributed by atoms with Crippen LogP contribution in [0, 0.1) is 0 Å². The lowest BCUT2D eigenvalue weighted by molar-refractivity contribution is 0.414. The third-order valence-corrected chi connectivity index (χ3v) is 3.04. The third kappa shape index (κ3) is 3.31. The van der Waals surface area contributed by atoms with Gasteiger partial charge in [0.2, 0.25) is 0 Å². The summed E-state index contributed by atoms with van der Waals surface area (Å²) in [5, 5.41) is 0. The number of aromatic nitrogens is 1. The van der Waals surface area contributed by atoms with Crippen molar-refractivity contribution in [3.05, 3.63) is 59.9 Å². The fourth-order valence-corrected chi connectivity index (χ4v) is 1.89. The van der Waals surface area contributed by atoms with Crippen LogP contribution in [0.15, 0.2) is 48.8 Å². The second-order valence-electron chi connectivity index (χ2n) is 4.27. The monoisotopic (exact) mass is 242 g/mol. The standard InChI is InChI=1S/C15H18N2O/c1-18-14-5-2-12(3-6-14)4-7-15(16)13-8-10-17-11-9-13/h2-3,5-6,8-11,15H,4,7,16H2,1H3. The van der Waals surface area contributed by atoms with Crippen LogP contribution in [0.25, 0.3) is 0 Å². The molecule has 3 heteroatoms. The number of hydrogen-bond donors (Lipinski definition) is 1. The lowest BCUT2D eigenvalue weighted by atomic mass is 10.0. The van der Waals surface area contributed by atoms with E-state index in [1.165, 1.54) is 5.56 Å². The number of aryl methyl sites for hydroxylation is 1. The van der Waals surface area contributed by atoms with Crippen molar-refractivity contribution in [3.8, 4) is 5.75 Å². The Labute approximate surface area is 108 Å². The van der Waals surface area contributed by atoms with Crippen molar-refractivity contribution in [2.45, 2.75) is 18.9 Å². The summed E-state index contributed by atoms with van der Waals surface area (Å²) in [5.41, 5.74) is 8.56. The topological polar surface area (TPSA) is 48.1 Å². The van der Waals surface area contributed by atoms with Gasteiger partial charge in [-0.2, -0.15) is 0 Å². The van der Waals surface area contributed by atoms with Crippen LogP contribution in [0.1, 0.15) is 23.6 Å². The summed E-state index contributed by atoms with van der Waals surface area (Å²) in [7, 11) is 1.67. The predicted octanol–water partition coefficient (Wildman–Crippen LogP) is 2.72. The van der Waals surface area contributed by atoms with Gasteiger partial charge >= 0.3 is 0 Å². The minimum Gasteiger partial charge on any atom is -0.497 e. The van der Waals surface area contributed by atoms with Crippen LogP contribution in [0.3, 0.4) is 0 Å². The van der Waals surface area contributed by atoms with Crippen LogP contribution < -0.4 is 10.5 Å². The Balaban J connectivity index is 1.91. The zero-order valence-electron chi connectivity index (χ0n) is 10.5. The molecule has 1 aromatic carbocycles. The molecule has 2 aromatic rings. The lowest BCUT2D eigenvalue weighted by Gasteiger charge is -2.11. The minimum atomic E-state index is 0.0649. The molecule has 0 amide bonds. The molecule has 1 aromatic heterocycles. The van der Waals surface area contributed by atoms with Crippen LogP contribution >= 0.6 is 0 Å². The molecule has 0 saturated heterocycles. The molecule has 0 radical (unpaired) electrons. The number of methoxy groups -OCH3 is 1. The highest BCUT2D eigenvalue weighted by molar-refractivity contribution is 5.27. The van der Waals surface area contributed by atoms with Gasteiger partial charge in [0.25, 0.3) is 0 Å². The predicted molar refractivity (Wildman–Crippen MR) is 72.5 cm³/mol. The number of benzene rings is 1. The first-order valence-corrected chi connectivity index (χ1v) is 6.08. The van der Waals surface area contributed by atoms with E-state index in [1.54, 1.807) is 19.5 Å². The molecule has 0 aliphatic heterocycles. The van der Waals surface area contributed by atoms with Gasteiger partial charge in [-0.25, -0.2) is 0 Å². The number of rotatable bonds is 5. The molecule has 1 unspecified atom stereocenters. The maximum Gasteiger partial charge on any atom is 0.118 e. The highest BCUT2D eigenvalue weighted by Crippen LogP contribution is 2.17. The molecular weight excluding hydrogens is 224 g/mol. The average molecular weight is 242 g/mol. The van der Waals surface area contributed by atoms with Gasteiger partial charge in [-0.15, -0.1) is 0 Å². The molecule has 0 bridgehead atoms. The quantitative estimate of drug-likeness (QED) is 0.877. The highest BCUT2D eigenvalue weighted by Gasteiger charge is 2.05. The van der Waals surface area contributed by atoms with Gasteiger partial charge in [-0.05, 0) is 48.2 Å². The first kappa shape index (κ1) is 12.6. The van der Waals surface area contributed by atoms with Gasteiger partial charge in [0.15, 0.2) is 0 Å². The van der Waals surface area contributed by atoms with Gasteiger partial charge in [-0.1, -0.05) is 12.1 Å². The second kappa shape index (κ2) is 6.17. The molecular formula is C15H18N2O. The fraction of sp³-hybridized carbons (Fsp3) is 0.267. The van der Waals surface area contributed by atoms with E-state index in [-0.39, 0.29) is 6.04 Å². The summed E-state index contributed by atoms with van der Waals surface area (Å²) in [6.07, 6.45) is 5.45. The molecule has 94 valence electrons. The van der Waals surface area contributed by atoms with E-state index in [2.05, 4.69) is 17.1 Å². The smallest absolute Gasteiger partial charge is 0.118 e. The summed E-state index contributed by atoms with van der Waals surface area (Å²) < 4.78 is 5.13. The second-order valence-corrected chi connectivity index (χ2v) is 4.27. The first-order valence-electron chi connectivity index (χ1n) is 6.08. The Morgan fingerprint density at radius 1 is 1.11 bits per heavy atom. The van der Waals surface area contributed by atoms with Crippen LogP contribution in [-0.4, -0.2) is 12.1 Å². The first-order chi connectivity index (χ1) is 8.79. The van der Waals surface area contributed by atoms with Gasteiger partial charge < -0.3 is 10.5 Å². The molecule has 0 aliphatic rings. The number of hydrogen-bond acceptors (Lipinski definition) is 3. The molecule has 0 saturated carbocycles. The van der Waals surface area contributed by atoms with Crippen LogP contribution in [0.2, 0.25) is 0 Å². The van der Waals surface area contributed by atoms with Crippen molar-refractivity contribution in [1.82, 2.24) is 4.98 Å². The van der Waals surface area contributed by atoms with Crippen molar-refractivity contribution in [2.24, 2.45) is 5.73 Å². The Morgan fingerprint density at radius 2 is 1.78 bits per heavy atom. The Hall–Kier alpha value is -1.87. The molecule has 0 aliphatic carbocycles. The van der Waals surface area contributed by atoms with Crippen molar-refractivity contribution < 1.29 is 4.74 Å². The molecule has 1 atom stereocenters. The molecule has 0 fully saturated rings. The molecule has 1 heterocycles. The van der Waals surface area contributed by atoms with Crippen LogP contribution in [-0.2, 0) is 6.42 Å². The van der Waals surface area contributed by atoms with E-state index in [9.17, 15) is 0 Å². The number of nitrogens with two attached hydrogens (primary N) is 1. The lowest BCUT2D eigenvalue weighted by Crippen LogP contribution is -2.11. The Morgan fingerprint density at radius 3 is 2.39 bits per heavy atom. The largest absolute Gasteiger partial charge is 0.497 e. The van der Waals surface area contributed by atoms with Crippen molar-refractivity contribution in [1.29, 1.82) is 0 Å². The molecule has 2 rings (SSSR count). The van der Waals surface area contributed by atoms with E-state index >= 15 is 0 Å². The highest BCUT2D eigenvalue weighted by atomic mass is 16.5. The van der Waals surface area contributed by atoms with Crippen LogP contribution in [0.5, 0.6) is 5.75 Å². The molecule has 2 N–H and O–H groups in total. The van der Waals surface area contributed by atoms with Gasteiger partial charge in [0.1, 0.15) is 5.75 Å². The molecule has 3 nitrogen and oxygen atoms in total. The normalized spacial score (nSPS) is 12.1. The Kier molecular flexibility index (Phi) is 4.31. The zero-order valence-corrected chi connectivity index (χ0v) is 10.5. The minimum absolute atomic E-state index is 0.0649. The Bertz CT molecular complexity index is 468. The summed E-state index contributed by atoms with van der Waals surface area (Å²) >= 11 is 0. The van der Waals surface area contributed by atoms with E-state index in [0.29, 0.717) is 0 Å². The van der Waals surface area contributed by atoms with Gasteiger partial charge in [0, 0.05) is 18.4 Å². The number of pyridine rings is 1. The van der Waals surface area contributed by atoms with Crippen molar-refractivity contribution in [2.75, 3.05) is 7.11 Å². The summed E-state index contributed by atoms with van der Waals surface area (Å²) in [6, 6.07) is 12.1. The van der Waals surface area contributed by atoms with Crippen molar-refractivity contribution >= 4 is 0 Å². The van der Waals surface area contributed by atoms with Gasteiger partial charge in [-0.3, -0.25) is 4.98 Å². The molecule has 18 heavy (non-hydrogen) atoms. The summed E-state index contributed by atoms with van der Waals surface area (Å²) in [6.45, 7) is 0. The van der Waals surface area contributed by atoms with Crippen molar-refractivity contribution in [3.63, 3.8) is 0 Å². The van der Waals surface area contributed by atoms with E-state index < -0.39 is 0 Å². The fourth-order valence-electron chi connectivity index (χ4n) is 1.89.